The minimum absolute atomic E-state index is 0.0905. The van der Waals surface area contributed by atoms with Gasteiger partial charge in [0.2, 0.25) is 0 Å². The van der Waals surface area contributed by atoms with Gasteiger partial charge in [0, 0.05) is 25.7 Å². The number of fused-ring (bicyclic) bond motifs is 5. The molecule has 4 nitrogen and oxygen atoms in total. The monoisotopic (exact) mass is 388 g/mol. The van der Waals surface area contributed by atoms with Crippen molar-refractivity contribution in [2.45, 2.75) is 97.7 Å². The number of carbonyl (C=O) groups excluding carboxylic acids is 2. The van der Waals surface area contributed by atoms with Crippen LogP contribution in [0.1, 0.15) is 86.0 Å². The topological polar surface area (TPSA) is 52.6 Å². The second kappa shape index (κ2) is 6.60. The average Bonchev–Trinajstić information content (AvgIpc) is 2.91. The van der Waals surface area contributed by atoms with Gasteiger partial charge in [0.1, 0.15) is 11.7 Å². The molecule has 0 bridgehead atoms. The van der Waals surface area contributed by atoms with Gasteiger partial charge in [0.25, 0.3) is 0 Å². The third-order valence-electron chi connectivity index (χ3n) is 8.97. The quantitative estimate of drug-likeness (QED) is 0.482. The smallest absolute Gasteiger partial charge is 0.303 e. The number of ether oxygens (including phenoxy) is 2. The van der Waals surface area contributed by atoms with Gasteiger partial charge >= 0.3 is 11.9 Å². The Kier molecular flexibility index (Phi) is 4.71. The summed E-state index contributed by atoms with van der Waals surface area (Å²) in [5.74, 6) is 1.72. The Morgan fingerprint density at radius 3 is 2.39 bits per heavy atom. The summed E-state index contributed by atoms with van der Waals surface area (Å²) in [5.41, 5.74) is 1.53. The molecule has 0 unspecified atom stereocenters. The van der Waals surface area contributed by atoms with E-state index in [1.165, 1.54) is 25.3 Å². The molecule has 3 saturated carbocycles. The molecule has 28 heavy (non-hydrogen) atoms. The zero-order valence-electron chi connectivity index (χ0n) is 18.2. The molecule has 3 fully saturated rings. The van der Waals surface area contributed by atoms with E-state index < -0.39 is 0 Å². The molecule has 0 aromatic heterocycles. The molecule has 0 heterocycles. The second-order valence-corrected chi connectivity index (χ2v) is 10.7. The zero-order chi connectivity index (χ0) is 20.3. The van der Waals surface area contributed by atoms with Crippen molar-refractivity contribution in [3.05, 3.63) is 11.6 Å². The van der Waals surface area contributed by atoms with Crippen LogP contribution >= 0.6 is 0 Å². The van der Waals surface area contributed by atoms with E-state index in [9.17, 15) is 9.59 Å². The van der Waals surface area contributed by atoms with Crippen LogP contribution in [0.2, 0.25) is 0 Å². The molecule has 0 N–H and O–H groups in total. The maximum atomic E-state index is 11.6. The van der Waals surface area contributed by atoms with Crippen LogP contribution < -0.4 is 0 Å². The van der Waals surface area contributed by atoms with Crippen molar-refractivity contribution in [2.24, 2.45) is 28.6 Å². The van der Waals surface area contributed by atoms with E-state index in [4.69, 9.17) is 9.47 Å². The van der Waals surface area contributed by atoms with Crippen molar-refractivity contribution in [3.8, 4) is 0 Å². The van der Waals surface area contributed by atoms with Crippen LogP contribution in [0.15, 0.2) is 11.6 Å². The fraction of sp³-hybridized carbons (Fsp3) is 0.833. The number of rotatable bonds is 2. The van der Waals surface area contributed by atoms with Crippen LogP contribution in [0.5, 0.6) is 0 Å². The van der Waals surface area contributed by atoms with Crippen LogP contribution in [0.4, 0.5) is 0 Å². The number of hydrogen-bond acceptors (Lipinski definition) is 4. The molecular weight excluding hydrogens is 352 g/mol. The van der Waals surface area contributed by atoms with E-state index in [1.807, 2.05) is 0 Å². The summed E-state index contributed by atoms with van der Waals surface area (Å²) in [4.78, 5) is 23.2. The Morgan fingerprint density at radius 2 is 1.71 bits per heavy atom. The molecule has 4 rings (SSSR count). The lowest BCUT2D eigenvalue weighted by atomic mass is 9.47. The summed E-state index contributed by atoms with van der Waals surface area (Å²) < 4.78 is 11.5. The highest BCUT2D eigenvalue weighted by molar-refractivity contribution is 5.66. The summed E-state index contributed by atoms with van der Waals surface area (Å²) in [7, 11) is 0. The summed E-state index contributed by atoms with van der Waals surface area (Å²) in [5, 5.41) is 0. The Hall–Kier alpha value is -1.32. The van der Waals surface area contributed by atoms with Crippen LogP contribution in [-0.2, 0) is 19.1 Å². The van der Waals surface area contributed by atoms with Crippen LogP contribution in [0, 0.1) is 28.6 Å². The summed E-state index contributed by atoms with van der Waals surface area (Å²) in [6.45, 7) is 9.99. The first-order valence-electron chi connectivity index (χ1n) is 11.1. The van der Waals surface area contributed by atoms with Crippen molar-refractivity contribution in [3.63, 3.8) is 0 Å². The lowest BCUT2D eigenvalue weighted by Crippen LogP contribution is -2.53. The molecule has 156 valence electrons. The normalized spacial score (nSPS) is 47.2. The molecule has 7 atom stereocenters. The first-order valence-corrected chi connectivity index (χ1v) is 11.1. The van der Waals surface area contributed by atoms with Crippen molar-refractivity contribution in [2.75, 3.05) is 0 Å². The predicted molar refractivity (Wildman–Crippen MR) is 107 cm³/mol. The highest BCUT2D eigenvalue weighted by atomic mass is 16.6. The molecule has 0 saturated heterocycles. The fourth-order valence-electron chi connectivity index (χ4n) is 7.57. The van der Waals surface area contributed by atoms with Crippen LogP contribution in [0.25, 0.3) is 0 Å². The van der Waals surface area contributed by atoms with E-state index in [0.29, 0.717) is 17.8 Å². The lowest BCUT2D eigenvalue weighted by molar-refractivity contribution is -0.161. The average molecular weight is 389 g/mol. The Bertz CT molecular complexity index is 711. The SMILES string of the molecule is CC(=O)O[C@@H]1CC[C@@H]2[C@@H]3CC=C4C[C@@](C)(OC(C)=O)CC[C@]4(C)[C@H]3CC[C@@]21C. The Labute approximate surface area is 169 Å². The fourth-order valence-corrected chi connectivity index (χ4v) is 7.57. The Balaban J connectivity index is 1.58. The van der Waals surface area contributed by atoms with E-state index >= 15 is 0 Å². The minimum Gasteiger partial charge on any atom is -0.462 e. The summed E-state index contributed by atoms with van der Waals surface area (Å²) >= 11 is 0. The summed E-state index contributed by atoms with van der Waals surface area (Å²) in [6, 6.07) is 0. The maximum Gasteiger partial charge on any atom is 0.303 e. The number of hydrogen-bond donors (Lipinski definition) is 0. The Morgan fingerprint density at radius 1 is 0.964 bits per heavy atom. The third kappa shape index (κ3) is 3.02. The molecule has 4 aliphatic carbocycles. The molecule has 0 aromatic carbocycles. The van der Waals surface area contributed by atoms with Crippen molar-refractivity contribution >= 4 is 11.9 Å². The number of esters is 2. The van der Waals surface area contributed by atoms with Gasteiger partial charge in [-0.1, -0.05) is 25.5 Å². The molecular formula is C24H36O4. The van der Waals surface area contributed by atoms with Gasteiger partial charge in [-0.15, -0.1) is 0 Å². The minimum atomic E-state index is -0.346. The molecule has 4 aliphatic rings. The third-order valence-corrected chi connectivity index (χ3v) is 8.97. The van der Waals surface area contributed by atoms with Gasteiger partial charge in [-0.3, -0.25) is 9.59 Å². The molecule has 0 amide bonds. The van der Waals surface area contributed by atoms with Crippen molar-refractivity contribution in [1.82, 2.24) is 0 Å². The van der Waals surface area contributed by atoms with E-state index in [2.05, 4.69) is 26.8 Å². The first-order chi connectivity index (χ1) is 13.1. The summed E-state index contributed by atoms with van der Waals surface area (Å²) in [6.07, 6.45) is 11.2. The van der Waals surface area contributed by atoms with Gasteiger partial charge in [0.05, 0.1) is 0 Å². The van der Waals surface area contributed by atoms with E-state index in [-0.39, 0.29) is 34.5 Å². The molecule has 4 heteroatoms. The van der Waals surface area contributed by atoms with Gasteiger partial charge in [-0.25, -0.2) is 0 Å². The predicted octanol–water partition coefficient (Wildman–Crippen LogP) is 5.20. The van der Waals surface area contributed by atoms with Crippen molar-refractivity contribution in [1.29, 1.82) is 0 Å². The largest absolute Gasteiger partial charge is 0.462 e. The second-order valence-electron chi connectivity index (χ2n) is 10.7. The number of allylic oxidation sites excluding steroid dienone is 1. The van der Waals surface area contributed by atoms with Gasteiger partial charge in [-0.2, -0.15) is 0 Å². The number of carbonyl (C=O) groups is 2. The van der Waals surface area contributed by atoms with Crippen LogP contribution in [-0.4, -0.2) is 23.6 Å². The van der Waals surface area contributed by atoms with Crippen LogP contribution in [0.3, 0.4) is 0 Å². The molecule has 0 spiro atoms. The standard InChI is InChI=1S/C24H36O4/c1-15(25)27-21-9-8-19-18-7-6-17-14-22(3,28-16(2)26)12-13-23(17,4)20(18)10-11-24(19,21)5/h6,18-21H,7-14H2,1-5H3/t18-,19+,20-,21+,22-,23-,24-/m0/s1. The highest BCUT2D eigenvalue weighted by Gasteiger charge is 2.60. The molecule has 0 aromatic rings. The van der Waals surface area contributed by atoms with Crippen molar-refractivity contribution < 1.29 is 19.1 Å². The zero-order valence-corrected chi connectivity index (χ0v) is 18.2. The van der Waals surface area contributed by atoms with E-state index in [0.717, 1.165) is 38.5 Å². The molecule has 0 radical (unpaired) electrons. The highest BCUT2D eigenvalue weighted by Crippen LogP contribution is 2.66. The van der Waals surface area contributed by atoms with Gasteiger partial charge in [0.15, 0.2) is 0 Å². The van der Waals surface area contributed by atoms with E-state index in [1.54, 1.807) is 6.92 Å². The maximum absolute atomic E-state index is 11.6. The lowest BCUT2D eigenvalue weighted by Gasteiger charge is -2.58. The van der Waals surface area contributed by atoms with Gasteiger partial charge < -0.3 is 9.47 Å². The van der Waals surface area contributed by atoms with Gasteiger partial charge in [-0.05, 0) is 75.0 Å². The molecule has 0 aliphatic heterocycles. The first kappa shape index (κ1) is 20.0.